The topological polar surface area (TPSA) is 29.5 Å². The van der Waals surface area contributed by atoms with E-state index in [2.05, 4.69) is 4.90 Å². The number of rotatable bonds is 4. The maximum absolute atomic E-state index is 15.3. The second kappa shape index (κ2) is 5.41. The molecule has 2 atom stereocenters. The Morgan fingerprint density at radius 2 is 2.05 bits per heavy atom. The largest absolute Gasteiger partial charge is 0.465 e. The van der Waals surface area contributed by atoms with Crippen LogP contribution in [-0.2, 0) is 16.1 Å². The molecule has 0 bridgehead atoms. The lowest BCUT2D eigenvalue weighted by Crippen LogP contribution is -2.46. The molecule has 1 aromatic rings. The van der Waals surface area contributed by atoms with E-state index in [1.165, 1.54) is 0 Å². The molecule has 0 radical (unpaired) electrons. The molecule has 0 amide bonds. The van der Waals surface area contributed by atoms with Crippen molar-refractivity contribution in [3.8, 4) is 0 Å². The highest BCUT2D eigenvalue weighted by Gasteiger charge is 2.66. The van der Waals surface area contributed by atoms with E-state index >= 15 is 4.39 Å². The fraction of sp³-hybridized carbons (Fsp3) is 0.588. The van der Waals surface area contributed by atoms with Crippen LogP contribution >= 0.6 is 0 Å². The van der Waals surface area contributed by atoms with Crippen LogP contribution in [0.5, 0.6) is 0 Å². The van der Waals surface area contributed by atoms with E-state index in [-0.39, 0.29) is 5.97 Å². The SMILES string of the molecule is CCOC(=O)[C@]12CCC[C@@]1(F)CN(Cc1ccccc1)C2. The molecular weight excluding hydrogens is 269 g/mol. The van der Waals surface area contributed by atoms with Crippen molar-refractivity contribution >= 4 is 5.97 Å². The molecule has 1 aliphatic carbocycles. The molecule has 0 spiro atoms. The van der Waals surface area contributed by atoms with Crippen molar-refractivity contribution in [2.45, 2.75) is 38.4 Å². The first kappa shape index (κ1) is 14.5. The zero-order valence-electron chi connectivity index (χ0n) is 12.5. The molecule has 2 aliphatic rings. The lowest BCUT2D eigenvalue weighted by molar-refractivity contribution is -0.160. The summed E-state index contributed by atoms with van der Waals surface area (Å²) >= 11 is 0. The third-order valence-electron chi connectivity index (χ3n) is 4.92. The van der Waals surface area contributed by atoms with Crippen LogP contribution in [0.3, 0.4) is 0 Å². The number of nitrogens with zero attached hydrogens (tertiary/aromatic N) is 1. The second-order valence-corrected chi connectivity index (χ2v) is 6.25. The highest BCUT2D eigenvalue weighted by atomic mass is 19.1. The number of likely N-dealkylation sites (tertiary alicyclic amines) is 1. The summed E-state index contributed by atoms with van der Waals surface area (Å²) in [6, 6.07) is 10.0. The van der Waals surface area contributed by atoms with Crippen LogP contribution in [-0.4, -0.2) is 36.2 Å². The van der Waals surface area contributed by atoms with Crippen molar-refractivity contribution in [1.82, 2.24) is 4.90 Å². The van der Waals surface area contributed by atoms with Crippen molar-refractivity contribution in [2.75, 3.05) is 19.7 Å². The standard InChI is InChI=1S/C17H22FNO2/c1-2-21-15(20)16-9-6-10-17(16,18)13-19(12-16)11-14-7-4-3-5-8-14/h3-5,7-8H,2,6,9-13H2,1H3/t16-,17-/m1/s1. The number of hydrogen-bond acceptors (Lipinski definition) is 3. The Bertz CT molecular complexity index is 521. The molecule has 0 unspecified atom stereocenters. The third-order valence-corrected chi connectivity index (χ3v) is 4.92. The first-order valence-corrected chi connectivity index (χ1v) is 7.72. The van der Waals surface area contributed by atoms with Gasteiger partial charge < -0.3 is 4.74 Å². The Balaban J connectivity index is 1.79. The molecule has 3 rings (SSSR count). The molecule has 2 fully saturated rings. The number of halogens is 1. The number of alkyl halides is 1. The quantitative estimate of drug-likeness (QED) is 0.799. The van der Waals surface area contributed by atoms with E-state index in [1.807, 2.05) is 30.3 Å². The summed E-state index contributed by atoms with van der Waals surface area (Å²) < 4.78 is 20.5. The molecule has 3 nitrogen and oxygen atoms in total. The minimum Gasteiger partial charge on any atom is -0.465 e. The molecule has 114 valence electrons. The molecule has 1 saturated heterocycles. The van der Waals surface area contributed by atoms with Crippen LogP contribution in [0.1, 0.15) is 31.7 Å². The molecule has 0 N–H and O–H groups in total. The zero-order valence-corrected chi connectivity index (χ0v) is 12.5. The van der Waals surface area contributed by atoms with Gasteiger partial charge in [0.1, 0.15) is 11.1 Å². The summed E-state index contributed by atoms with van der Waals surface area (Å²) in [6.07, 6.45) is 1.85. The molecule has 1 aromatic carbocycles. The molecule has 4 heteroatoms. The Labute approximate surface area is 125 Å². The Kier molecular flexibility index (Phi) is 3.74. The molecule has 1 saturated carbocycles. The van der Waals surface area contributed by atoms with Gasteiger partial charge in [-0.2, -0.15) is 0 Å². The number of benzene rings is 1. The molecule has 0 aromatic heterocycles. The van der Waals surface area contributed by atoms with Crippen LogP contribution in [0.4, 0.5) is 4.39 Å². The lowest BCUT2D eigenvalue weighted by atomic mass is 9.78. The molecule has 1 heterocycles. The van der Waals surface area contributed by atoms with Crippen molar-refractivity contribution in [3.63, 3.8) is 0 Å². The smallest absolute Gasteiger partial charge is 0.316 e. The van der Waals surface area contributed by atoms with E-state index in [9.17, 15) is 4.79 Å². The number of esters is 1. The fourth-order valence-corrected chi connectivity index (χ4v) is 3.95. The van der Waals surface area contributed by atoms with Crippen LogP contribution in [0.15, 0.2) is 30.3 Å². The van der Waals surface area contributed by atoms with E-state index in [0.29, 0.717) is 39.1 Å². The minimum atomic E-state index is -1.42. The van der Waals surface area contributed by atoms with Crippen molar-refractivity contribution < 1.29 is 13.9 Å². The summed E-state index contributed by atoms with van der Waals surface area (Å²) in [5, 5.41) is 0. The van der Waals surface area contributed by atoms with Crippen LogP contribution in [0.2, 0.25) is 0 Å². The van der Waals surface area contributed by atoms with Crippen molar-refractivity contribution in [2.24, 2.45) is 5.41 Å². The Morgan fingerprint density at radius 3 is 2.76 bits per heavy atom. The first-order chi connectivity index (χ1) is 10.1. The number of fused-ring (bicyclic) bond motifs is 1. The van der Waals surface area contributed by atoms with Gasteiger partial charge in [0.15, 0.2) is 0 Å². The summed E-state index contributed by atoms with van der Waals surface area (Å²) in [5.74, 6) is -0.347. The van der Waals surface area contributed by atoms with Crippen LogP contribution in [0.25, 0.3) is 0 Å². The van der Waals surface area contributed by atoms with Gasteiger partial charge in [0, 0.05) is 19.6 Å². The van der Waals surface area contributed by atoms with Gasteiger partial charge in [-0.1, -0.05) is 30.3 Å². The summed E-state index contributed by atoms with van der Waals surface area (Å²) in [6.45, 7) is 3.58. The maximum Gasteiger partial charge on any atom is 0.316 e. The van der Waals surface area contributed by atoms with Gasteiger partial charge in [0.05, 0.1) is 6.61 Å². The Morgan fingerprint density at radius 1 is 1.29 bits per heavy atom. The number of ether oxygens (including phenoxy) is 1. The van der Waals surface area contributed by atoms with Gasteiger partial charge in [0.25, 0.3) is 0 Å². The first-order valence-electron chi connectivity index (χ1n) is 7.72. The van der Waals surface area contributed by atoms with Crippen LogP contribution in [0, 0.1) is 5.41 Å². The molecule has 21 heavy (non-hydrogen) atoms. The number of carbonyl (C=O) groups is 1. The third kappa shape index (κ3) is 2.35. The summed E-state index contributed by atoms with van der Waals surface area (Å²) in [5.41, 5.74) is -1.22. The van der Waals surface area contributed by atoms with Crippen molar-refractivity contribution in [1.29, 1.82) is 0 Å². The van der Waals surface area contributed by atoms with E-state index in [4.69, 9.17) is 4.74 Å². The van der Waals surface area contributed by atoms with Gasteiger partial charge in [-0.15, -0.1) is 0 Å². The highest BCUT2D eigenvalue weighted by Crippen LogP contribution is 2.55. The number of carbonyl (C=O) groups excluding carboxylic acids is 1. The van der Waals surface area contributed by atoms with E-state index in [1.54, 1.807) is 6.92 Å². The van der Waals surface area contributed by atoms with Gasteiger partial charge >= 0.3 is 5.97 Å². The average molecular weight is 291 g/mol. The fourth-order valence-electron chi connectivity index (χ4n) is 3.95. The predicted molar refractivity (Wildman–Crippen MR) is 78.5 cm³/mol. The maximum atomic E-state index is 15.3. The van der Waals surface area contributed by atoms with Crippen LogP contribution < -0.4 is 0 Å². The van der Waals surface area contributed by atoms with E-state index in [0.717, 1.165) is 12.0 Å². The molecular formula is C17H22FNO2. The second-order valence-electron chi connectivity index (χ2n) is 6.25. The average Bonchev–Trinajstić information content (AvgIpc) is 2.90. The zero-order chi connectivity index (χ0) is 14.9. The predicted octanol–water partition coefficient (Wildman–Crippen LogP) is 2.94. The van der Waals surface area contributed by atoms with Gasteiger partial charge in [-0.3, -0.25) is 9.69 Å². The summed E-state index contributed by atoms with van der Waals surface area (Å²) in [7, 11) is 0. The minimum absolute atomic E-state index is 0.315. The summed E-state index contributed by atoms with van der Waals surface area (Å²) in [4.78, 5) is 14.4. The van der Waals surface area contributed by atoms with Gasteiger partial charge in [-0.05, 0) is 31.7 Å². The normalized spacial score (nSPS) is 32.1. The van der Waals surface area contributed by atoms with Crippen molar-refractivity contribution in [3.05, 3.63) is 35.9 Å². The Hall–Kier alpha value is -1.42. The van der Waals surface area contributed by atoms with Gasteiger partial charge in [0.2, 0.25) is 0 Å². The van der Waals surface area contributed by atoms with E-state index < -0.39 is 11.1 Å². The number of hydrogen-bond donors (Lipinski definition) is 0. The monoisotopic (exact) mass is 291 g/mol. The molecule has 1 aliphatic heterocycles. The lowest BCUT2D eigenvalue weighted by Gasteiger charge is -2.30. The highest BCUT2D eigenvalue weighted by molar-refractivity contribution is 5.80. The van der Waals surface area contributed by atoms with Gasteiger partial charge in [-0.25, -0.2) is 4.39 Å².